The van der Waals surface area contributed by atoms with Crippen LogP contribution in [0.4, 0.5) is 0 Å². The van der Waals surface area contributed by atoms with Crippen molar-refractivity contribution >= 4 is 17.7 Å². The van der Waals surface area contributed by atoms with E-state index < -0.39 is 0 Å². The normalized spacial score (nSPS) is 11.7. The molecule has 0 N–H and O–H groups in total. The van der Waals surface area contributed by atoms with Crippen molar-refractivity contribution < 1.29 is 9.53 Å². The third kappa shape index (κ3) is 15.8. The summed E-state index contributed by atoms with van der Waals surface area (Å²) in [5.41, 5.74) is 0.152. The molecule has 0 fully saturated rings. The highest BCUT2D eigenvalue weighted by atomic mass is 32.2. The summed E-state index contributed by atoms with van der Waals surface area (Å²) in [6.07, 6.45) is 16.5. The number of unbranched alkanes of at least 4 members (excludes halogenated alkanes) is 9. The topological polar surface area (TPSA) is 26.3 Å². The first kappa shape index (κ1) is 24.8. The van der Waals surface area contributed by atoms with Crippen LogP contribution < -0.4 is 0 Å². The van der Waals surface area contributed by atoms with E-state index in [0.29, 0.717) is 13.0 Å². The molecule has 0 unspecified atom stereocenters. The molecule has 0 rings (SSSR count). The molecule has 0 aliphatic carbocycles. The monoisotopic (exact) mass is 372 g/mol. The minimum atomic E-state index is -0.0244. The van der Waals surface area contributed by atoms with Crippen molar-refractivity contribution in [1.29, 1.82) is 0 Å². The summed E-state index contributed by atoms with van der Waals surface area (Å²) in [6.45, 7) is 9.37. The average Bonchev–Trinajstić information content (AvgIpc) is 2.63. The Labute approximate surface area is 162 Å². The molecule has 0 saturated carbocycles. The van der Waals surface area contributed by atoms with Crippen LogP contribution in [0.3, 0.4) is 0 Å². The van der Waals surface area contributed by atoms with Gasteiger partial charge in [-0.15, -0.1) is 0 Å². The zero-order valence-corrected chi connectivity index (χ0v) is 18.4. The number of esters is 1. The molecular weight excluding hydrogens is 328 g/mol. The number of thioether (sulfide) groups is 1. The lowest BCUT2D eigenvalue weighted by Crippen LogP contribution is -2.23. The van der Waals surface area contributed by atoms with Gasteiger partial charge in [-0.05, 0) is 25.0 Å². The van der Waals surface area contributed by atoms with Crippen molar-refractivity contribution in [3.8, 4) is 0 Å². The Balaban J connectivity index is 3.31. The minimum Gasteiger partial charge on any atom is -0.465 e. The van der Waals surface area contributed by atoms with Gasteiger partial charge in [-0.3, -0.25) is 4.79 Å². The predicted molar refractivity (Wildman–Crippen MR) is 113 cm³/mol. The minimum absolute atomic E-state index is 0.0244. The van der Waals surface area contributed by atoms with Crippen LogP contribution >= 0.6 is 11.8 Å². The van der Waals surface area contributed by atoms with Crippen LogP contribution in [-0.2, 0) is 9.53 Å². The van der Waals surface area contributed by atoms with Crippen molar-refractivity contribution in [1.82, 2.24) is 0 Å². The highest BCUT2D eigenvalue weighted by Crippen LogP contribution is 2.25. The van der Waals surface area contributed by atoms with Gasteiger partial charge in [0, 0.05) is 11.2 Å². The molecule has 25 heavy (non-hydrogen) atoms. The molecule has 0 aliphatic heterocycles. The molecule has 0 aromatic rings. The smallest absolute Gasteiger partial charge is 0.306 e. The van der Waals surface area contributed by atoms with Crippen molar-refractivity contribution in [3.05, 3.63) is 0 Å². The van der Waals surface area contributed by atoms with E-state index in [2.05, 4.69) is 27.7 Å². The number of carbonyl (C=O) groups is 1. The maximum Gasteiger partial charge on any atom is 0.306 e. The number of carbonyl (C=O) groups excluding carboxylic acids is 1. The first-order valence-corrected chi connectivity index (χ1v) is 12.0. The lowest BCUT2D eigenvalue weighted by atomic mass is 9.86. The Kier molecular flexibility index (Phi) is 17.1. The van der Waals surface area contributed by atoms with Crippen molar-refractivity contribution in [3.63, 3.8) is 0 Å². The molecule has 0 atom stereocenters. The zero-order valence-electron chi connectivity index (χ0n) is 17.5. The van der Waals surface area contributed by atoms with Crippen LogP contribution in [0.1, 0.15) is 111 Å². The maximum atomic E-state index is 11.8. The van der Waals surface area contributed by atoms with E-state index >= 15 is 0 Å². The quantitative estimate of drug-likeness (QED) is 0.185. The fraction of sp³-hybridized carbons (Fsp3) is 0.955. The fourth-order valence-corrected chi connectivity index (χ4v) is 3.65. The van der Waals surface area contributed by atoms with Gasteiger partial charge in [-0.25, -0.2) is 0 Å². The van der Waals surface area contributed by atoms with Crippen molar-refractivity contribution in [2.24, 2.45) is 5.41 Å². The highest BCUT2D eigenvalue weighted by molar-refractivity contribution is 7.99. The SMILES string of the molecule is CCCCCCCCCCCCSCCC(=O)OCC(C)(CC)CC. The summed E-state index contributed by atoms with van der Waals surface area (Å²) in [4.78, 5) is 11.8. The fourth-order valence-electron chi connectivity index (χ4n) is 2.73. The van der Waals surface area contributed by atoms with E-state index in [1.807, 2.05) is 11.8 Å². The van der Waals surface area contributed by atoms with Crippen LogP contribution in [0.5, 0.6) is 0 Å². The van der Waals surface area contributed by atoms with Crippen LogP contribution in [0.15, 0.2) is 0 Å². The third-order valence-corrected chi connectivity index (χ3v) is 6.45. The Bertz CT molecular complexity index is 300. The van der Waals surface area contributed by atoms with Crippen LogP contribution in [-0.4, -0.2) is 24.1 Å². The molecule has 0 spiro atoms. The zero-order chi connectivity index (χ0) is 18.8. The molecule has 0 radical (unpaired) electrons. The third-order valence-electron chi connectivity index (χ3n) is 5.38. The van der Waals surface area contributed by atoms with Crippen LogP contribution in [0.25, 0.3) is 0 Å². The molecule has 0 bridgehead atoms. The Hall–Kier alpha value is -0.180. The number of hydrogen-bond donors (Lipinski definition) is 0. The number of rotatable bonds is 18. The number of hydrogen-bond acceptors (Lipinski definition) is 3. The van der Waals surface area contributed by atoms with Gasteiger partial charge in [-0.1, -0.05) is 85.5 Å². The maximum absolute atomic E-state index is 11.8. The molecule has 0 amide bonds. The molecule has 150 valence electrons. The molecule has 0 heterocycles. The second-order valence-electron chi connectivity index (χ2n) is 7.72. The summed E-state index contributed by atoms with van der Waals surface area (Å²) in [6, 6.07) is 0. The molecule has 0 aliphatic rings. The molecule has 3 heteroatoms. The molecular formula is C22H44O2S. The largest absolute Gasteiger partial charge is 0.465 e. The van der Waals surface area contributed by atoms with E-state index in [1.54, 1.807) is 0 Å². The van der Waals surface area contributed by atoms with Gasteiger partial charge in [-0.2, -0.15) is 11.8 Å². The second-order valence-corrected chi connectivity index (χ2v) is 8.95. The summed E-state index contributed by atoms with van der Waals surface area (Å²) >= 11 is 1.90. The van der Waals surface area contributed by atoms with Gasteiger partial charge >= 0.3 is 5.97 Å². The van der Waals surface area contributed by atoms with Gasteiger partial charge < -0.3 is 4.74 Å². The van der Waals surface area contributed by atoms with E-state index in [0.717, 1.165) is 18.6 Å². The Morgan fingerprint density at radius 2 is 1.32 bits per heavy atom. The van der Waals surface area contributed by atoms with Crippen molar-refractivity contribution in [2.75, 3.05) is 18.1 Å². The molecule has 2 nitrogen and oxygen atoms in total. The lowest BCUT2D eigenvalue weighted by molar-refractivity contribution is -0.146. The van der Waals surface area contributed by atoms with Gasteiger partial charge in [0.15, 0.2) is 0 Å². The van der Waals surface area contributed by atoms with Crippen molar-refractivity contribution in [2.45, 2.75) is 111 Å². The average molecular weight is 373 g/mol. The Morgan fingerprint density at radius 1 is 0.800 bits per heavy atom. The summed E-state index contributed by atoms with van der Waals surface area (Å²) in [7, 11) is 0. The Morgan fingerprint density at radius 3 is 1.84 bits per heavy atom. The standard InChI is InChI=1S/C22H44O2S/c1-5-8-9-10-11-12-13-14-15-16-18-25-19-17-21(23)24-20-22(4,6-2)7-3/h5-20H2,1-4H3. The van der Waals surface area contributed by atoms with E-state index in [1.165, 1.54) is 70.0 Å². The molecule has 0 saturated heterocycles. The van der Waals surface area contributed by atoms with Crippen LogP contribution in [0, 0.1) is 5.41 Å². The summed E-state index contributed by atoms with van der Waals surface area (Å²) < 4.78 is 5.44. The highest BCUT2D eigenvalue weighted by Gasteiger charge is 2.21. The van der Waals surface area contributed by atoms with Gasteiger partial charge in [0.05, 0.1) is 13.0 Å². The van der Waals surface area contributed by atoms with Gasteiger partial charge in [0.25, 0.3) is 0 Å². The lowest BCUT2D eigenvalue weighted by Gasteiger charge is -2.25. The second kappa shape index (κ2) is 17.2. The molecule has 0 aromatic heterocycles. The molecule has 0 aromatic carbocycles. The van der Waals surface area contributed by atoms with Gasteiger partial charge in [0.1, 0.15) is 0 Å². The first-order chi connectivity index (χ1) is 12.1. The van der Waals surface area contributed by atoms with Gasteiger partial charge in [0.2, 0.25) is 0 Å². The summed E-state index contributed by atoms with van der Waals surface area (Å²) in [5.74, 6) is 2.07. The van der Waals surface area contributed by atoms with E-state index in [-0.39, 0.29) is 11.4 Å². The first-order valence-electron chi connectivity index (χ1n) is 10.8. The van der Waals surface area contributed by atoms with E-state index in [4.69, 9.17) is 4.74 Å². The number of ether oxygens (including phenoxy) is 1. The van der Waals surface area contributed by atoms with E-state index in [9.17, 15) is 4.79 Å². The van der Waals surface area contributed by atoms with Crippen LogP contribution in [0.2, 0.25) is 0 Å². The predicted octanol–water partition coefficient (Wildman–Crippen LogP) is 7.40. The summed E-state index contributed by atoms with van der Waals surface area (Å²) in [5, 5.41) is 0.